The van der Waals surface area contributed by atoms with E-state index in [0.717, 1.165) is 52.2 Å². The van der Waals surface area contributed by atoms with Crippen LogP contribution in [0, 0.1) is 0 Å². The van der Waals surface area contributed by atoms with E-state index in [1.807, 2.05) is 41.3 Å². The number of ether oxygens (including phenoxy) is 1. The van der Waals surface area contributed by atoms with Gasteiger partial charge in [0.05, 0.1) is 36.9 Å². The van der Waals surface area contributed by atoms with Gasteiger partial charge in [-0.15, -0.1) is 0 Å². The van der Waals surface area contributed by atoms with Crippen LogP contribution >= 0.6 is 0 Å². The standard InChI is InChI=1S/C26H31N7O/c1-30-11-13-32(14-12-30)19-6-9-31(10-7-19)20-16-28-26-24(17-29-33(26)18-20)22-5-8-27-25-15-21(34-2)3-4-23(22)25/h3-5,8,15-19H,6-7,9-14H2,1-2H3. The van der Waals surface area contributed by atoms with Gasteiger partial charge in [-0.05, 0) is 43.7 Å². The van der Waals surface area contributed by atoms with E-state index in [1.54, 1.807) is 7.11 Å². The molecule has 3 aromatic heterocycles. The molecule has 0 atom stereocenters. The van der Waals surface area contributed by atoms with Gasteiger partial charge in [0, 0.05) is 68.5 Å². The Labute approximate surface area is 199 Å². The largest absolute Gasteiger partial charge is 0.497 e. The Hall–Kier alpha value is -3.23. The first-order valence-corrected chi connectivity index (χ1v) is 12.1. The van der Waals surface area contributed by atoms with Crippen molar-refractivity contribution in [3.63, 3.8) is 0 Å². The van der Waals surface area contributed by atoms with Crippen molar-refractivity contribution in [1.29, 1.82) is 0 Å². The highest BCUT2D eigenvalue weighted by Gasteiger charge is 2.27. The van der Waals surface area contributed by atoms with Gasteiger partial charge in [0.2, 0.25) is 0 Å². The number of aromatic nitrogens is 4. The van der Waals surface area contributed by atoms with Gasteiger partial charge in [-0.25, -0.2) is 9.50 Å². The Kier molecular flexibility index (Phi) is 5.55. The van der Waals surface area contributed by atoms with E-state index < -0.39 is 0 Å². The number of rotatable bonds is 4. The summed E-state index contributed by atoms with van der Waals surface area (Å²) in [4.78, 5) is 16.9. The Morgan fingerprint density at radius 3 is 2.53 bits per heavy atom. The second kappa shape index (κ2) is 8.85. The summed E-state index contributed by atoms with van der Waals surface area (Å²) in [5.74, 6) is 0.802. The molecule has 0 radical (unpaired) electrons. The van der Waals surface area contributed by atoms with Crippen LogP contribution < -0.4 is 9.64 Å². The molecule has 2 aliphatic rings. The second-order valence-corrected chi connectivity index (χ2v) is 9.44. The van der Waals surface area contributed by atoms with Gasteiger partial charge in [-0.1, -0.05) is 0 Å². The van der Waals surface area contributed by atoms with E-state index >= 15 is 0 Å². The Balaban J connectivity index is 1.22. The van der Waals surface area contributed by atoms with Gasteiger partial charge in [0.25, 0.3) is 0 Å². The van der Waals surface area contributed by atoms with E-state index in [2.05, 4.69) is 44.1 Å². The lowest BCUT2D eigenvalue weighted by Gasteiger charge is -2.42. The first-order chi connectivity index (χ1) is 16.7. The van der Waals surface area contributed by atoms with Crippen molar-refractivity contribution in [3.05, 3.63) is 49.1 Å². The fraction of sp³-hybridized carbons (Fsp3) is 0.423. The third-order valence-electron chi connectivity index (χ3n) is 7.47. The average molecular weight is 458 g/mol. The number of fused-ring (bicyclic) bond motifs is 2. The summed E-state index contributed by atoms with van der Waals surface area (Å²) in [5, 5.41) is 5.72. The van der Waals surface area contributed by atoms with Gasteiger partial charge in [-0.3, -0.25) is 9.88 Å². The van der Waals surface area contributed by atoms with Gasteiger partial charge in [0.15, 0.2) is 5.65 Å². The molecular formula is C26H31N7O. The van der Waals surface area contributed by atoms with Gasteiger partial charge in [0.1, 0.15) is 5.75 Å². The molecule has 176 valence electrons. The second-order valence-electron chi connectivity index (χ2n) is 9.44. The molecule has 8 nitrogen and oxygen atoms in total. The lowest BCUT2D eigenvalue weighted by molar-refractivity contribution is 0.0982. The van der Waals surface area contributed by atoms with Crippen molar-refractivity contribution in [2.45, 2.75) is 18.9 Å². The van der Waals surface area contributed by atoms with Crippen molar-refractivity contribution >= 4 is 22.2 Å². The molecule has 4 aromatic rings. The normalized spacial score (nSPS) is 18.7. The molecule has 1 aromatic carbocycles. The van der Waals surface area contributed by atoms with Crippen molar-refractivity contribution in [2.24, 2.45) is 0 Å². The number of hydrogen-bond donors (Lipinski definition) is 0. The molecule has 5 heterocycles. The van der Waals surface area contributed by atoms with Crippen molar-refractivity contribution in [2.75, 3.05) is 58.3 Å². The maximum Gasteiger partial charge on any atom is 0.162 e. The number of benzene rings is 1. The van der Waals surface area contributed by atoms with Crippen LogP contribution in [0.15, 0.2) is 49.1 Å². The van der Waals surface area contributed by atoms with Gasteiger partial charge in [-0.2, -0.15) is 5.10 Å². The molecule has 2 saturated heterocycles. The SMILES string of the molecule is COc1ccc2c(-c3cnn4cc(N5CCC(N6CCN(C)CC6)CC5)cnc34)ccnc2c1. The van der Waals surface area contributed by atoms with E-state index in [9.17, 15) is 0 Å². The first kappa shape index (κ1) is 21.3. The van der Waals surface area contributed by atoms with Gasteiger partial charge < -0.3 is 14.5 Å². The van der Waals surface area contributed by atoms with Crippen LogP contribution in [0.2, 0.25) is 0 Å². The molecule has 0 saturated carbocycles. The summed E-state index contributed by atoms with van der Waals surface area (Å²) in [6, 6.07) is 8.72. The Bertz CT molecular complexity index is 1300. The third kappa shape index (κ3) is 3.86. The van der Waals surface area contributed by atoms with Crippen LogP contribution in [0.4, 0.5) is 5.69 Å². The minimum absolute atomic E-state index is 0.705. The maximum absolute atomic E-state index is 5.36. The predicted octanol–water partition coefficient (Wildman–Crippen LogP) is 3.17. The highest BCUT2D eigenvalue weighted by molar-refractivity contribution is 5.98. The van der Waals surface area contributed by atoms with Crippen LogP contribution in [-0.4, -0.2) is 88.8 Å². The number of methoxy groups -OCH3 is 1. The third-order valence-corrected chi connectivity index (χ3v) is 7.47. The lowest BCUT2D eigenvalue weighted by atomic mass is 10.0. The zero-order valence-corrected chi connectivity index (χ0v) is 19.9. The van der Waals surface area contributed by atoms with Crippen molar-refractivity contribution in [3.8, 4) is 16.9 Å². The summed E-state index contributed by atoms with van der Waals surface area (Å²) in [5.41, 5.74) is 4.99. The number of pyridine rings is 1. The molecule has 0 spiro atoms. The zero-order chi connectivity index (χ0) is 23.1. The number of nitrogens with zero attached hydrogens (tertiary/aromatic N) is 7. The summed E-state index contributed by atoms with van der Waals surface area (Å²) >= 11 is 0. The van der Waals surface area contributed by atoms with E-state index in [-0.39, 0.29) is 0 Å². The first-order valence-electron chi connectivity index (χ1n) is 12.1. The quantitative estimate of drug-likeness (QED) is 0.466. The van der Waals surface area contributed by atoms with Crippen LogP contribution in [0.1, 0.15) is 12.8 Å². The van der Waals surface area contributed by atoms with Gasteiger partial charge >= 0.3 is 0 Å². The minimum Gasteiger partial charge on any atom is -0.497 e. The molecular weight excluding hydrogens is 426 g/mol. The van der Waals surface area contributed by atoms with E-state index in [1.165, 1.54) is 39.0 Å². The summed E-state index contributed by atoms with van der Waals surface area (Å²) in [6.07, 6.45) is 10.3. The minimum atomic E-state index is 0.705. The highest BCUT2D eigenvalue weighted by Crippen LogP contribution is 2.32. The monoisotopic (exact) mass is 457 g/mol. The number of hydrogen-bond acceptors (Lipinski definition) is 7. The lowest BCUT2D eigenvalue weighted by Crippen LogP contribution is -2.52. The summed E-state index contributed by atoms with van der Waals surface area (Å²) in [6.45, 7) is 6.89. The molecule has 0 N–H and O–H groups in total. The van der Waals surface area contributed by atoms with Crippen molar-refractivity contribution < 1.29 is 4.74 Å². The van der Waals surface area contributed by atoms with Crippen LogP contribution in [0.5, 0.6) is 5.75 Å². The molecule has 0 unspecified atom stereocenters. The number of piperidine rings is 1. The summed E-state index contributed by atoms with van der Waals surface area (Å²) < 4.78 is 7.27. The Morgan fingerprint density at radius 1 is 0.912 bits per heavy atom. The zero-order valence-electron chi connectivity index (χ0n) is 19.9. The van der Waals surface area contributed by atoms with Crippen LogP contribution in [-0.2, 0) is 0 Å². The highest BCUT2D eigenvalue weighted by atomic mass is 16.5. The molecule has 6 rings (SSSR count). The molecule has 8 heteroatoms. The van der Waals surface area contributed by atoms with E-state index in [0.29, 0.717) is 6.04 Å². The fourth-order valence-electron chi connectivity index (χ4n) is 5.38. The maximum atomic E-state index is 5.36. The molecule has 2 fully saturated rings. The average Bonchev–Trinajstić information content (AvgIpc) is 3.31. The number of likely N-dealkylation sites (N-methyl/N-ethyl adjacent to an activating group) is 1. The fourth-order valence-corrected chi connectivity index (χ4v) is 5.38. The number of anilines is 1. The topological polar surface area (TPSA) is 62.0 Å². The molecule has 34 heavy (non-hydrogen) atoms. The van der Waals surface area contributed by atoms with Crippen molar-refractivity contribution in [1.82, 2.24) is 29.4 Å². The van der Waals surface area contributed by atoms with E-state index in [4.69, 9.17) is 9.72 Å². The molecule has 2 aliphatic heterocycles. The predicted molar refractivity (Wildman–Crippen MR) is 135 cm³/mol. The molecule has 0 amide bonds. The van der Waals surface area contributed by atoms with Crippen LogP contribution in [0.3, 0.4) is 0 Å². The smallest absolute Gasteiger partial charge is 0.162 e. The summed E-state index contributed by atoms with van der Waals surface area (Å²) in [7, 11) is 3.89. The molecule has 0 bridgehead atoms. The Morgan fingerprint density at radius 2 is 1.74 bits per heavy atom. The number of piperazine rings is 1. The van der Waals surface area contributed by atoms with Crippen LogP contribution in [0.25, 0.3) is 27.7 Å². The molecule has 0 aliphatic carbocycles.